The van der Waals surface area contributed by atoms with Crippen LogP contribution >= 0.6 is 0 Å². The van der Waals surface area contributed by atoms with E-state index in [1.54, 1.807) is 40.3 Å². The number of amides is 3. The molecule has 2 fully saturated rings. The standard InChI is InChI=1S/C31H38N4O6/c1-31(2,3)41-30(39)33-16-14-21(15-17-33)22-8-11-24-26(18-22)32(4)29(38)35(24)25-12-13-27(36)34(28(25)37)19-20-6-9-23(40-5)10-7-20/h6-11,18,21,25H,12-17,19H2,1-5H3. The molecule has 2 aliphatic heterocycles. The fourth-order valence-corrected chi connectivity index (χ4v) is 5.80. The van der Waals surface area contributed by atoms with E-state index in [0.29, 0.717) is 24.4 Å². The van der Waals surface area contributed by atoms with Crippen molar-refractivity contribution in [3.8, 4) is 5.75 Å². The van der Waals surface area contributed by atoms with Crippen molar-refractivity contribution in [3.05, 3.63) is 64.1 Å². The maximum Gasteiger partial charge on any atom is 0.410 e. The van der Waals surface area contributed by atoms with Gasteiger partial charge < -0.3 is 14.4 Å². The average Bonchev–Trinajstić information content (AvgIpc) is 3.19. The van der Waals surface area contributed by atoms with Gasteiger partial charge in [-0.2, -0.15) is 0 Å². The number of rotatable bonds is 5. The van der Waals surface area contributed by atoms with E-state index in [1.807, 2.05) is 51.1 Å². The van der Waals surface area contributed by atoms with E-state index in [4.69, 9.17) is 9.47 Å². The van der Waals surface area contributed by atoms with Crippen LogP contribution in [0.5, 0.6) is 5.75 Å². The first-order valence-electron chi connectivity index (χ1n) is 14.1. The summed E-state index contributed by atoms with van der Waals surface area (Å²) in [5.41, 5.74) is 2.50. The zero-order valence-electron chi connectivity index (χ0n) is 24.4. The van der Waals surface area contributed by atoms with Gasteiger partial charge in [-0.05, 0) is 81.3 Å². The number of hydrogen-bond acceptors (Lipinski definition) is 6. The summed E-state index contributed by atoms with van der Waals surface area (Å²) in [6, 6.07) is 12.4. The van der Waals surface area contributed by atoms with Crippen LogP contribution in [0.3, 0.4) is 0 Å². The molecule has 3 aromatic rings. The number of carbonyl (C=O) groups excluding carboxylic acids is 3. The number of hydrogen-bond donors (Lipinski definition) is 0. The van der Waals surface area contributed by atoms with Crippen molar-refractivity contribution in [2.45, 2.75) is 70.6 Å². The number of benzene rings is 2. The largest absolute Gasteiger partial charge is 0.497 e. The van der Waals surface area contributed by atoms with E-state index >= 15 is 0 Å². The zero-order chi connectivity index (χ0) is 29.5. The number of imide groups is 1. The molecule has 0 bridgehead atoms. The third-order valence-electron chi connectivity index (χ3n) is 8.03. The average molecular weight is 563 g/mol. The third kappa shape index (κ3) is 5.73. The number of piperidine rings is 2. The van der Waals surface area contributed by atoms with Gasteiger partial charge in [0, 0.05) is 26.6 Å². The van der Waals surface area contributed by atoms with Crippen LogP contribution in [0.4, 0.5) is 4.79 Å². The van der Waals surface area contributed by atoms with Crippen molar-refractivity contribution in [1.29, 1.82) is 0 Å². The highest BCUT2D eigenvalue weighted by Crippen LogP contribution is 2.33. The van der Waals surface area contributed by atoms with Crippen LogP contribution in [0.2, 0.25) is 0 Å². The summed E-state index contributed by atoms with van der Waals surface area (Å²) in [6.07, 6.45) is 1.76. The molecular weight excluding hydrogens is 524 g/mol. The minimum absolute atomic E-state index is 0.143. The second kappa shape index (κ2) is 11.1. The fourth-order valence-electron chi connectivity index (χ4n) is 5.80. The van der Waals surface area contributed by atoms with Crippen molar-refractivity contribution in [1.82, 2.24) is 18.9 Å². The maximum atomic E-state index is 13.6. The Hall–Kier alpha value is -4.08. The molecule has 10 heteroatoms. The molecule has 2 aromatic carbocycles. The van der Waals surface area contributed by atoms with Gasteiger partial charge in [0.1, 0.15) is 17.4 Å². The second-order valence-electron chi connectivity index (χ2n) is 11.9. The minimum Gasteiger partial charge on any atom is -0.497 e. The fraction of sp³-hybridized carbons (Fsp3) is 0.484. The summed E-state index contributed by atoms with van der Waals surface area (Å²) in [7, 11) is 3.29. The Balaban J connectivity index is 1.36. The molecular formula is C31H38N4O6. The predicted molar refractivity (Wildman–Crippen MR) is 154 cm³/mol. The van der Waals surface area contributed by atoms with Gasteiger partial charge in [0.2, 0.25) is 5.91 Å². The Morgan fingerprint density at radius 3 is 2.27 bits per heavy atom. The van der Waals surface area contributed by atoms with Crippen LogP contribution in [-0.4, -0.2) is 62.6 Å². The van der Waals surface area contributed by atoms with Crippen molar-refractivity contribution in [2.75, 3.05) is 20.2 Å². The Bertz CT molecular complexity index is 1520. The first-order valence-corrected chi connectivity index (χ1v) is 14.1. The van der Waals surface area contributed by atoms with Gasteiger partial charge >= 0.3 is 11.8 Å². The summed E-state index contributed by atoms with van der Waals surface area (Å²) in [6.45, 7) is 6.93. The number of ether oxygens (including phenoxy) is 2. The topological polar surface area (TPSA) is 103 Å². The number of methoxy groups -OCH3 is 1. The van der Waals surface area contributed by atoms with E-state index in [1.165, 1.54) is 4.90 Å². The van der Waals surface area contributed by atoms with Crippen LogP contribution in [0.25, 0.3) is 11.0 Å². The lowest BCUT2D eigenvalue weighted by Gasteiger charge is -2.33. The van der Waals surface area contributed by atoms with Crippen molar-refractivity contribution in [2.24, 2.45) is 7.05 Å². The SMILES string of the molecule is COc1ccc(CN2C(=O)CCC(n3c(=O)n(C)c4cc(C5CCN(C(=O)OC(C)(C)C)CC5)ccc43)C2=O)cc1. The van der Waals surface area contributed by atoms with E-state index in [9.17, 15) is 19.2 Å². The third-order valence-corrected chi connectivity index (χ3v) is 8.03. The molecule has 2 saturated heterocycles. The summed E-state index contributed by atoms with van der Waals surface area (Å²) in [5, 5.41) is 0. The van der Waals surface area contributed by atoms with Gasteiger partial charge in [-0.1, -0.05) is 18.2 Å². The van der Waals surface area contributed by atoms with E-state index in [0.717, 1.165) is 29.5 Å². The highest BCUT2D eigenvalue weighted by molar-refractivity contribution is 6.00. The molecule has 3 heterocycles. The summed E-state index contributed by atoms with van der Waals surface area (Å²) in [5.74, 6) is 0.323. The monoisotopic (exact) mass is 562 g/mol. The predicted octanol–water partition coefficient (Wildman–Crippen LogP) is 4.35. The van der Waals surface area contributed by atoms with E-state index < -0.39 is 11.6 Å². The van der Waals surface area contributed by atoms with Gasteiger partial charge in [-0.25, -0.2) is 9.59 Å². The molecule has 1 aromatic heterocycles. The van der Waals surface area contributed by atoms with Crippen molar-refractivity contribution in [3.63, 3.8) is 0 Å². The molecule has 0 N–H and O–H groups in total. The minimum atomic E-state index is -0.759. The molecule has 0 aliphatic carbocycles. The van der Waals surface area contributed by atoms with Crippen LogP contribution in [0.15, 0.2) is 47.3 Å². The van der Waals surface area contributed by atoms with Crippen LogP contribution < -0.4 is 10.4 Å². The van der Waals surface area contributed by atoms with Gasteiger partial charge in [-0.3, -0.25) is 23.6 Å². The molecule has 0 spiro atoms. The Morgan fingerprint density at radius 2 is 1.63 bits per heavy atom. The molecule has 0 saturated carbocycles. The smallest absolute Gasteiger partial charge is 0.410 e. The molecule has 5 rings (SSSR count). The first-order chi connectivity index (χ1) is 19.5. The lowest BCUT2D eigenvalue weighted by atomic mass is 9.89. The lowest BCUT2D eigenvalue weighted by molar-refractivity contribution is -0.151. The normalized spacial score (nSPS) is 18.7. The number of carbonyl (C=O) groups is 3. The number of likely N-dealkylation sites (tertiary alicyclic amines) is 2. The van der Waals surface area contributed by atoms with Crippen molar-refractivity contribution >= 4 is 28.9 Å². The highest BCUT2D eigenvalue weighted by Gasteiger charge is 2.37. The molecule has 41 heavy (non-hydrogen) atoms. The highest BCUT2D eigenvalue weighted by atomic mass is 16.6. The Labute approximate surface area is 239 Å². The van der Waals surface area contributed by atoms with Gasteiger partial charge in [0.15, 0.2) is 0 Å². The molecule has 1 unspecified atom stereocenters. The van der Waals surface area contributed by atoms with Gasteiger partial charge in [0.25, 0.3) is 5.91 Å². The lowest BCUT2D eigenvalue weighted by Crippen LogP contribution is -2.47. The number of imidazole rings is 1. The molecule has 218 valence electrons. The molecule has 2 aliphatic rings. The summed E-state index contributed by atoms with van der Waals surface area (Å²) < 4.78 is 13.8. The van der Waals surface area contributed by atoms with Crippen molar-refractivity contribution < 1.29 is 23.9 Å². The number of aryl methyl sites for hydroxylation is 1. The Kier molecular flexibility index (Phi) is 7.68. The number of aromatic nitrogens is 2. The molecule has 0 radical (unpaired) electrons. The number of nitrogens with zero attached hydrogens (tertiary/aromatic N) is 4. The van der Waals surface area contributed by atoms with Crippen LogP contribution in [-0.2, 0) is 27.9 Å². The quantitative estimate of drug-likeness (QED) is 0.429. The molecule has 1 atom stereocenters. The van der Waals surface area contributed by atoms with Gasteiger partial charge in [0.05, 0.1) is 24.7 Å². The summed E-state index contributed by atoms with van der Waals surface area (Å²) >= 11 is 0. The van der Waals surface area contributed by atoms with E-state index in [2.05, 4.69) is 0 Å². The Morgan fingerprint density at radius 1 is 0.951 bits per heavy atom. The van der Waals surface area contributed by atoms with Crippen LogP contribution in [0, 0.1) is 0 Å². The molecule has 3 amide bonds. The van der Waals surface area contributed by atoms with E-state index in [-0.39, 0.29) is 48.9 Å². The van der Waals surface area contributed by atoms with Crippen LogP contribution in [0.1, 0.15) is 69.5 Å². The second-order valence-corrected chi connectivity index (χ2v) is 11.9. The summed E-state index contributed by atoms with van der Waals surface area (Å²) in [4.78, 5) is 55.3. The zero-order valence-corrected chi connectivity index (χ0v) is 24.4. The molecule has 10 nitrogen and oxygen atoms in total. The number of fused-ring (bicyclic) bond motifs is 1. The van der Waals surface area contributed by atoms with Gasteiger partial charge in [-0.15, -0.1) is 0 Å². The first kappa shape index (κ1) is 28.4. The maximum absolute atomic E-state index is 13.6.